The van der Waals surface area contributed by atoms with Gasteiger partial charge >= 0.3 is 0 Å². The molecular weight excluding hydrogens is 296 g/mol. The van der Waals surface area contributed by atoms with E-state index in [0.29, 0.717) is 0 Å². The molecule has 0 fully saturated rings. The van der Waals surface area contributed by atoms with Gasteiger partial charge in [0.25, 0.3) is 0 Å². The van der Waals surface area contributed by atoms with Gasteiger partial charge in [0.2, 0.25) is 5.91 Å². The minimum Gasteiger partial charge on any atom is -0.496 e. The van der Waals surface area contributed by atoms with Crippen molar-refractivity contribution in [2.24, 2.45) is 0 Å². The van der Waals surface area contributed by atoms with Crippen LogP contribution in [0.5, 0.6) is 5.75 Å². The minimum absolute atomic E-state index is 0.00962. The Balaban J connectivity index is 2.39. The molecule has 0 saturated heterocycles. The van der Waals surface area contributed by atoms with Crippen LogP contribution >= 0.6 is 15.9 Å². The molecule has 0 aliphatic heterocycles. The largest absolute Gasteiger partial charge is 0.496 e. The quantitative estimate of drug-likeness (QED) is 0.761. The van der Waals surface area contributed by atoms with Gasteiger partial charge in [-0.3, -0.25) is 4.79 Å². The van der Waals surface area contributed by atoms with Gasteiger partial charge in [-0.15, -0.1) is 0 Å². The lowest BCUT2D eigenvalue weighted by Gasteiger charge is -2.09. The number of carbonyl (C=O) groups excluding carboxylic acids is 1. The third-order valence-corrected chi connectivity index (χ3v) is 3.08. The molecule has 0 atom stereocenters. The van der Waals surface area contributed by atoms with Gasteiger partial charge < -0.3 is 15.4 Å². The van der Waals surface area contributed by atoms with E-state index in [0.717, 1.165) is 35.3 Å². The second kappa shape index (κ2) is 7.97. The van der Waals surface area contributed by atoms with E-state index in [9.17, 15) is 4.79 Å². The predicted molar refractivity (Wildman–Crippen MR) is 77.1 cm³/mol. The van der Waals surface area contributed by atoms with Crippen LogP contribution in [0.3, 0.4) is 0 Å². The summed E-state index contributed by atoms with van der Waals surface area (Å²) in [6.07, 6.45) is 2.10. The third kappa shape index (κ3) is 4.96. The van der Waals surface area contributed by atoms with Crippen molar-refractivity contribution in [2.45, 2.75) is 19.8 Å². The maximum atomic E-state index is 11.5. The Bertz CT molecular complexity index is 397. The molecule has 2 N–H and O–H groups in total. The second-order valence-electron chi connectivity index (χ2n) is 3.91. The second-order valence-corrected chi connectivity index (χ2v) is 4.76. The van der Waals surface area contributed by atoms with E-state index < -0.39 is 0 Å². The molecule has 100 valence electrons. The molecule has 0 spiro atoms. The van der Waals surface area contributed by atoms with Gasteiger partial charge in [-0.2, -0.15) is 0 Å². The zero-order chi connectivity index (χ0) is 13.4. The highest BCUT2D eigenvalue weighted by Crippen LogP contribution is 2.27. The number of ether oxygens (including phenoxy) is 1. The molecule has 1 rings (SSSR count). The van der Waals surface area contributed by atoms with Gasteiger partial charge in [0, 0.05) is 12.2 Å². The molecule has 0 aromatic heterocycles. The van der Waals surface area contributed by atoms with Crippen LogP contribution in [0.25, 0.3) is 0 Å². The van der Waals surface area contributed by atoms with Crippen molar-refractivity contribution in [2.75, 3.05) is 25.5 Å². The highest BCUT2D eigenvalue weighted by atomic mass is 79.9. The number of halogens is 1. The van der Waals surface area contributed by atoms with Crippen molar-refractivity contribution in [3.63, 3.8) is 0 Å². The first kappa shape index (κ1) is 14.8. The third-order valence-electron chi connectivity index (χ3n) is 2.46. The van der Waals surface area contributed by atoms with Gasteiger partial charge in [0.1, 0.15) is 5.75 Å². The summed E-state index contributed by atoms with van der Waals surface area (Å²) >= 11 is 3.40. The number of anilines is 1. The van der Waals surface area contributed by atoms with Crippen molar-refractivity contribution >= 4 is 27.5 Å². The smallest absolute Gasteiger partial charge is 0.239 e. The Hall–Kier alpha value is -1.23. The molecule has 4 nitrogen and oxygen atoms in total. The Morgan fingerprint density at radius 1 is 1.44 bits per heavy atom. The average molecular weight is 315 g/mol. The molecule has 0 aliphatic rings. The van der Waals surface area contributed by atoms with Gasteiger partial charge in [0.15, 0.2) is 0 Å². The number of methoxy groups -OCH3 is 1. The number of amides is 1. The zero-order valence-corrected chi connectivity index (χ0v) is 12.3. The van der Waals surface area contributed by atoms with Gasteiger partial charge in [-0.1, -0.05) is 13.3 Å². The molecule has 0 radical (unpaired) electrons. The van der Waals surface area contributed by atoms with E-state index in [4.69, 9.17) is 4.74 Å². The minimum atomic E-state index is 0.00962. The molecule has 0 heterocycles. The number of rotatable bonds is 7. The fourth-order valence-electron chi connectivity index (χ4n) is 1.43. The summed E-state index contributed by atoms with van der Waals surface area (Å²) in [5.74, 6) is 0.781. The molecule has 1 aromatic carbocycles. The molecule has 1 aromatic rings. The molecule has 5 heteroatoms. The number of unbranched alkanes of at least 4 members (excludes halogenated alkanes) is 1. The molecule has 1 amide bonds. The number of nitrogens with one attached hydrogen (secondary N) is 2. The van der Waals surface area contributed by atoms with Crippen LogP contribution in [0.15, 0.2) is 22.7 Å². The monoisotopic (exact) mass is 314 g/mol. The molecule has 18 heavy (non-hydrogen) atoms. The molecule has 0 bridgehead atoms. The van der Waals surface area contributed by atoms with Crippen molar-refractivity contribution in [1.29, 1.82) is 0 Å². The van der Waals surface area contributed by atoms with Crippen LogP contribution in [-0.2, 0) is 4.79 Å². The van der Waals surface area contributed by atoms with Gasteiger partial charge in [-0.25, -0.2) is 0 Å². The average Bonchev–Trinajstić information content (AvgIpc) is 2.37. The van der Waals surface area contributed by atoms with Crippen molar-refractivity contribution in [3.05, 3.63) is 22.7 Å². The van der Waals surface area contributed by atoms with E-state index in [2.05, 4.69) is 33.5 Å². The molecule has 0 unspecified atom stereocenters. The number of benzene rings is 1. The lowest BCUT2D eigenvalue weighted by Crippen LogP contribution is -2.30. The van der Waals surface area contributed by atoms with Crippen molar-refractivity contribution < 1.29 is 9.53 Å². The van der Waals surface area contributed by atoms with E-state index >= 15 is 0 Å². The fourth-order valence-corrected chi connectivity index (χ4v) is 1.97. The maximum absolute atomic E-state index is 11.5. The van der Waals surface area contributed by atoms with Crippen molar-refractivity contribution in [1.82, 2.24) is 5.32 Å². The highest BCUT2D eigenvalue weighted by molar-refractivity contribution is 9.10. The molecule has 0 aliphatic carbocycles. The highest BCUT2D eigenvalue weighted by Gasteiger charge is 2.03. The number of hydrogen-bond donors (Lipinski definition) is 2. The molecule has 0 saturated carbocycles. The Kier molecular flexibility index (Phi) is 6.57. The Labute approximate surface area is 116 Å². The summed E-state index contributed by atoms with van der Waals surface area (Å²) in [6, 6.07) is 5.61. The van der Waals surface area contributed by atoms with Crippen LogP contribution < -0.4 is 15.4 Å². The van der Waals surface area contributed by atoms with Crippen LogP contribution in [0.1, 0.15) is 19.8 Å². The van der Waals surface area contributed by atoms with E-state index in [1.165, 1.54) is 0 Å². The van der Waals surface area contributed by atoms with Crippen LogP contribution in [0.4, 0.5) is 5.69 Å². The van der Waals surface area contributed by atoms with Crippen molar-refractivity contribution in [3.8, 4) is 5.75 Å². The number of carbonyl (C=O) groups is 1. The van der Waals surface area contributed by atoms with Crippen LogP contribution in [0.2, 0.25) is 0 Å². The van der Waals surface area contributed by atoms with E-state index in [1.807, 2.05) is 18.2 Å². The Morgan fingerprint density at radius 3 is 2.83 bits per heavy atom. The first-order valence-electron chi connectivity index (χ1n) is 6.01. The number of hydrogen-bond acceptors (Lipinski definition) is 3. The lowest BCUT2D eigenvalue weighted by atomic mass is 10.3. The normalized spacial score (nSPS) is 9.94. The fraction of sp³-hybridized carbons (Fsp3) is 0.462. The summed E-state index contributed by atoms with van der Waals surface area (Å²) in [6.45, 7) is 3.12. The lowest BCUT2D eigenvalue weighted by molar-refractivity contribution is -0.119. The van der Waals surface area contributed by atoms with Crippen LogP contribution in [-0.4, -0.2) is 26.1 Å². The van der Waals surface area contributed by atoms with E-state index in [1.54, 1.807) is 7.11 Å². The summed E-state index contributed by atoms with van der Waals surface area (Å²) in [4.78, 5) is 11.5. The zero-order valence-electron chi connectivity index (χ0n) is 10.8. The predicted octanol–water partition coefficient (Wildman–Crippen LogP) is 2.79. The summed E-state index contributed by atoms with van der Waals surface area (Å²) < 4.78 is 6.00. The topological polar surface area (TPSA) is 50.4 Å². The van der Waals surface area contributed by atoms with Gasteiger partial charge in [-0.05, 0) is 40.5 Å². The summed E-state index contributed by atoms with van der Waals surface area (Å²) in [5.41, 5.74) is 0.883. The first-order chi connectivity index (χ1) is 8.67. The summed E-state index contributed by atoms with van der Waals surface area (Å²) in [7, 11) is 1.62. The maximum Gasteiger partial charge on any atom is 0.239 e. The SMILES string of the molecule is CCCCNC(=O)CNc1ccc(OC)c(Br)c1. The van der Waals surface area contributed by atoms with E-state index in [-0.39, 0.29) is 12.5 Å². The van der Waals surface area contributed by atoms with Crippen LogP contribution in [0, 0.1) is 0 Å². The Morgan fingerprint density at radius 2 is 2.22 bits per heavy atom. The first-order valence-corrected chi connectivity index (χ1v) is 6.80. The standard InChI is InChI=1S/C13H19BrN2O2/c1-3-4-7-15-13(17)9-16-10-5-6-12(18-2)11(14)8-10/h5-6,8,16H,3-4,7,9H2,1-2H3,(H,15,17). The van der Waals surface area contributed by atoms with Gasteiger partial charge in [0.05, 0.1) is 18.1 Å². The summed E-state index contributed by atoms with van der Waals surface area (Å²) in [5, 5.41) is 5.92. The molecular formula is C13H19BrN2O2.